The van der Waals surface area contributed by atoms with E-state index in [9.17, 15) is 13.2 Å². The van der Waals surface area contributed by atoms with Gasteiger partial charge in [0, 0.05) is 54.5 Å². The molecule has 9 heteroatoms. The quantitative estimate of drug-likeness (QED) is 0.300. The summed E-state index contributed by atoms with van der Waals surface area (Å²) in [5, 5.41) is 6.51. The fourth-order valence-electron chi connectivity index (χ4n) is 4.90. The summed E-state index contributed by atoms with van der Waals surface area (Å²) in [7, 11) is -3.52. The number of carbonyl (C=O) groups is 1. The van der Waals surface area contributed by atoms with Gasteiger partial charge in [-0.15, -0.1) is 0 Å². The van der Waals surface area contributed by atoms with Gasteiger partial charge in [-0.05, 0) is 49.7 Å². The molecule has 1 aromatic heterocycles. The Hall–Kier alpha value is -3.53. The van der Waals surface area contributed by atoms with Gasteiger partial charge in [0.25, 0.3) is 5.91 Å². The first-order valence-electron chi connectivity index (χ1n) is 12.5. The van der Waals surface area contributed by atoms with Crippen molar-refractivity contribution >= 4 is 44.0 Å². The molecule has 0 atom stereocenters. The topological polar surface area (TPSA) is 87.0 Å². The number of fused-ring (bicyclic) bond motifs is 3. The van der Waals surface area contributed by atoms with Crippen molar-refractivity contribution in [2.75, 3.05) is 32.7 Å². The van der Waals surface area contributed by atoms with Crippen LogP contribution in [-0.4, -0.2) is 67.0 Å². The van der Waals surface area contributed by atoms with E-state index in [0.29, 0.717) is 31.1 Å². The summed E-state index contributed by atoms with van der Waals surface area (Å²) in [6.07, 6.45) is 1.65. The predicted octanol–water partition coefficient (Wildman–Crippen LogP) is 3.58. The van der Waals surface area contributed by atoms with Crippen LogP contribution in [0.3, 0.4) is 0 Å². The van der Waals surface area contributed by atoms with Gasteiger partial charge in [-0.25, -0.2) is 13.8 Å². The Morgan fingerprint density at radius 3 is 2.38 bits per heavy atom. The lowest BCUT2D eigenvalue weighted by Gasteiger charge is -2.33. The third-order valence-corrected chi connectivity index (χ3v) is 8.79. The Bertz CT molecular complexity index is 1570. The molecule has 0 unspecified atom stereocenters. The Labute approximate surface area is 217 Å². The standard InChI is InChI=1S/C28H31N5O3S/c1-3-33-26-7-5-4-6-24(26)25-18-22(10-13-27(25)33)19-29-30-28(34)20-31-14-16-32(17-15-31)37(35,36)23-11-8-21(2)9-12-23/h4-13,18-19H,3,14-17,20H2,1-2H3,(H,30,34)/b29-19+. The molecule has 1 N–H and O–H groups in total. The molecule has 4 aromatic rings. The Kier molecular flexibility index (Phi) is 7.10. The van der Waals surface area contributed by atoms with Crippen LogP contribution in [0, 0.1) is 6.92 Å². The zero-order chi connectivity index (χ0) is 26.0. The number of hydrazone groups is 1. The van der Waals surface area contributed by atoms with Gasteiger partial charge in [0.15, 0.2) is 0 Å². The molecule has 1 aliphatic rings. The van der Waals surface area contributed by atoms with Gasteiger partial charge in [0.1, 0.15) is 0 Å². The number of hydrogen-bond acceptors (Lipinski definition) is 5. The molecule has 5 rings (SSSR count). The molecule has 0 spiro atoms. The smallest absolute Gasteiger partial charge is 0.254 e. The molecule has 1 aliphatic heterocycles. The van der Waals surface area contributed by atoms with Crippen molar-refractivity contribution in [3.8, 4) is 0 Å². The van der Waals surface area contributed by atoms with Crippen LogP contribution in [0.5, 0.6) is 0 Å². The third kappa shape index (κ3) is 5.16. The molecule has 0 aliphatic carbocycles. The summed E-state index contributed by atoms with van der Waals surface area (Å²) in [4.78, 5) is 14.7. The summed E-state index contributed by atoms with van der Waals surface area (Å²) < 4.78 is 29.5. The minimum atomic E-state index is -3.52. The molecule has 3 aromatic carbocycles. The van der Waals surface area contributed by atoms with E-state index in [2.05, 4.69) is 46.3 Å². The molecule has 1 fully saturated rings. The fourth-order valence-corrected chi connectivity index (χ4v) is 6.32. The molecule has 8 nitrogen and oxygen atoms in total. The number of nitrogens with zero attached hydrogens (tertiary/aromatic N) is 4. The van der Waals surface area contributed by atoms with E-state index in [1.54, 1.807) is 30.5 Å². The Balaban J connectivity index is 1.17. The van der Waals surface area contributed by atoms with E-state index in [-0.39, 0.29) is 12.5 Å². The van der Waals surface area contributed by atoms with E-state index in [4.69, 9.17) is 0 Å². The minimum absolute atomic E-state index is 0.165. The van der Waals surface area contributed by atoms with Crippen LogP contribution in [-0.2, 0) is 21.4 Å². The second-order valence-corrected chi connectivity index (χ2v) is 11.3. The molecule has 0 saturated carbocycles. The van der Waals surface area contributed by atoms with Gasteiger partial charge in [-0.3, -0.25) is 9.69 Å². The van der Waals surface area contributed by atoms with E-state index in [0.717, 1.165) is 23.1 Å². The molecular formula is C28H31N5O3S. The van der Waals surface area contributed by atoms with Crippen molar-refractivity contribution in [1.82, 2.24) is 19.2 Å². The zero-order valence-electron chi connectivity index (χ0n) is 21.1. The van der Waals surface area contributed by atoms with E-state index >= 15 is 0 Å². The number of carbonyl (C=O) groups excluding carboxylic acids is 1. The summed E-state index contributed by atoms with van der Waals surface area (Å²) in [5.41, 5.74) is 6.90. The number of para-hydroxylation sites is 1. The molecule has 37 heavy (non-hydrogen) atoms. The van der Waals surface area contributed by atoms with Crippen molar-refractivity contribution in [1.29, 1.82) is 0 Å². The average molecular weight is 518 g/mol. The molecule has 192 valence electrons. The third-order valence-electron chi connectivity index (χ3n) is 6.87. The average Bonchev–Trinajstić information content (AvgIpc) is 3.22. The van der Waals surface area contributed by atoms with Crippen molar-refractivity contribution in [3.05, 3.63) is 77.9 Å². The number of sulfonamides is 1. The number of aromatic nitrogens is 1. The highest BCUT2D eigenvalue weighted by Crippen LogP contribution is 2.29. The van der Waals surface area contributed by atoms with Crippen LogP contribution < -0.4 is 5.43 Å². The van der Waals surface area contributed by atoms with E-state index < -0.39 is 10.0 Å². The highest BCUT2D eigenvalue weighted by Gasteiger charge is 2.28. The van der Waals surface area contributed by atoms with Crippen LogP contribution in [0.25, 0.3) is 21.8 Å². The molecule has 0 radical (unpaired) electrons. The zero-order valence-corrected chi connectivity index (χ0v) is 21.9. The molecule has 1 amide bonds. The van der Waals surface area contributed by atoms with Gasteiger partial charge in [0.2, 0.25) is 10.0 Å². The van der Waals surface area contributed by atoms with Gasteiger partial charge in [0.05, 0.1) is 17.7 Å². The van der Waals surface area contributed by atoms with Crippen LogP contribution in [0.2, 0.25) is 0 Å². The largest absolute Gasteiger partial charge is 0.341 e. The van der Waals surface area contributed by atoms with Gasteiger partial charge in [-0.2, -0.15) is 9.41 Å². The van der Waals surface area contributed by atoms with Crippen molar-refractivity contribution in [2.24, 2.45) is 5.10 Å². The van der Waals surface area contributed by atoms with Crippen molar-refractivity contribution in [3.63, 3.8) is 0 Å². The number of nitrogens with one attached hydrogen (secondary N) is 1. The number of piperazine rings is 1. The first-order chi connectivity index (χ1) is 17.9. The lowest BCUT2D eigenvalue weighted by molar-refractivity contribution is -0.122. The predicted molar refractivity (Wildman–Crippen MR) is 147 cm³/mol. The number of rotatable bonds is 7. The maximum Gasteiger partial charge on any atom is 0.254 e. The van der Waals surface area contributed by atoms with Gasteiger partial charge >= 0.3 is 0 Å². The molecule has 1 saturated heterocycles. The molecular weight excluding hydrogens is 486 g/mol. The van der Waals surface area contributed by atoms with Crippen LogP contribution in [0.4, 0.5) is 0 Å². The normalized spacial score (nSPS) is 15.6. The number of benzene rings is 3. The Morgan fingerprint density at radius 2 is 1.65 bits per heavy atom. The number of aryl methyl sites for hydroxylation is 2. The van der Waals surface area contributed by atoms with Crippen LogP contribution >= 0.6 is 0 Å². The highest BCUT2D eigenvalue weighted by atomic mass is 32.2. The van der Waals surface area contributed by atoms with Crippen molar-refractivity contribution in [2.45, 2.75) is 25.3 Å². The number of amides is 1. The maximum atomic E-state index is 12.9. The van der Waals surface area contributed by atoms with Crippen LogP contribution in [0.15, 0.2) is 76.7 Å². The summed E-state index contributed by atoms with van der Waals surface area (Å²) >= 11 is 0. The minimum Gasteiger partial charge on any atom is -0.341 e. The first-order valence-corrected chi connectivity index (χ1v) is 13.9. The molecule has 0 bridgehead atoms. The van der Waals surface area contributed by atoms with Crippen molar-refractivity contribution < 1.29 is 13.2 Å². The fraction of sp³-hybridized carbons (Fsp3) is 0.286. The van der Waals surface area contributed by atoms with Crippen LogP contribution in [0.1, 0.15) is 18.1 Å². The molecule has 2 heterocycles. The van der Waals surface area contributed by atoms with E-state index in [1.807, 2.05) is 30.0 Å². The Morgan fingerprint density at radius 1 is 0.946 bits per heavy atom. The summed E-state index contributed by atoms with van der Waals surface area (Å²) in [6, 6.07) is 21.4. The second-order valence-electron chi connectivity index (χ2n) is 9.32. The second kappa shape index (κ2) is 10.5. The van der Waals surface area contributed by atoms with E-state index in [1.165, 1.54) is 20.7 Å². The lowest BCUT2D eigenvalue weighted by atomic mass is 10.1. The van der Waals surface area contributed by atoms with Gasteiger partial charge < -0.3 is 4.57 Å². The summed E-state index contributed by atoms with van der Waals surface area (Å²) in [5.74, 6) is -0.227. The SMILES string of the molecule is CCn1c2ccccc2c2cc(/C=N/NC(=O)CN3CCN(S(=O)(=O)c4ccc(C)cc4)CC3)ccc21. The maximum absolute atomic E-state index is 12.9. The summed E-state index contributed by atoms with van der Waals surface area (Å²) in [6.45, 7) is 6.78. The highest BCUT2D eigenvalue weighted by molar-refractivity contribution is 7.89. The lowest BCUT2D eigenvalue weighted by Crippen LogP contribution is -2.50. The van der Waals surface area contributed by atoms with Gasteiger partial charge in [-0.1, -0.05) is 42.0 Å². The monoisotopic (exact) mass is 517 g/mol. The first kappa shape index (κ1) is 25.1. The number of hydrogen-bond donors (Lipinski definition) is 1.